The van der Waals surface area contributed by atoms with Crippen molar-refractivity contribution in [3.8, 4) is 0 Å². The molecule has 0 spiro atoms. The molecule has 0 fully saturated rings. The number of pyridine rings is 2. The summed E-state index contributed by atoms with van der Waals surface area (Å²) in [6.07, 6.45) is 7.19. The molecule has 1 atom stereocenters. The van der Waals surface area contributed by atoms with Crippen LogP contribution in [0.3, 0.4) is 0 Å². The molecule has 0 aliphatic heterocycles. The Kier molecular flexibility index (Phi) is 6.32. The van der Waals surface area contributed by atoms with Crippen LogP contribution in [0.4, 0.5) is 8.78 Å². The van der Waals surface area contributed by atoms with E-state index in [4.69, 9.17) is 0 Å². The molecular formula is C33H26F2N2. The van der Waals surface area contributed by atoms with E-state index in [0.29, 0.717) is 12.0 Å². The fourth-order valence-electron chi connectivity index (χ4n) is 5.62. The summed E-state index contributed by atoms with van der Waals surface area (Å²) in [7, 11) is 0. The van der Waals surface area contributed by atoms with Gasteiger partial charge in [-0.1, -0.05) is 48.5 Å². The smallest absolute Gasteiger partial charge is 0.159 e. The average molecular weight is 489 g/mol. The van der Waals surface area contributed by atoms with Gasteiger partial charge in [0.25, 0.3) is 0 Å². The van der Waals surface area contributed by atoms with Crippen LogP contribution in [0.5, 0.6) is 0 Å². The number of nitrogens with zero attached hydrogens (tertiary/aromatic N) is 2. The zero-order valence-corrected chi connectivity index (χ0v) is 20.4. The Hall–Kier alpha value is -4.18. The minimum absolute atomic E-state index is 0.218. The number of aryl methyl sites for hydroxylation is 1. The Balaban J connectivity index is 0.000000210. The van der Waals surface area contributed by atoms with E-state index < -0.39 is 0 Å². The zero-order valence-electron chi connectivity index (χ0n) is 20.4. The SMILES string of the molecule is Fc1ccc(F)c(CC2CCCc3ccc4c(ccc5ccccc54)c32)c1.c1cnc2ncccc2c1. The third-order valence-electron chi connectivity index (χ3n) is 7.31. The Morgan fingerprint density at radius 1 is 0.703 bits per heavy atom. The lowest BCUT2D eigenvalue weighted by Gasteiger charge is -2.28. The number of fused-ring (bicyclic) bond motifs is 6. The fraction of sp³-hybridized carbons (Fsp3) is 0.152. The highest BCUT2D eigenvalue weighted by molar-refractivity contribution is 6.08. The highest BCUT2D eigenvalue weighted by Gasteiger charge is 2.24. The van der Waals surface area contributed by atoms with Crippen molar-refractivity contribution in [2.24, 2.45) is 0 Å². The monoisotopic (exact) mass is 488 g/mol. The Labute approximate surface area is 214 Å². The summed E-state index contributed by atoms with van der Waals surface area (Å²) in [5.41, 5.74) is 3.97. The molecule has 37 heavy (non-hydrogen) atoms. The molecule has 2 aromatic heterocycles. The van der Waals surface area contributed by atoms with Crippen LogP contribution in [0.2, 0.25) is 0 Å². The molecule has 0 radical (unpaired) electrons. The molecule has 7 rings (SSSR count). The number of halogens is 2. The van der Waals surface area contributed by atoms with E-state index in [2.05, 4.69) is 58.5 Å². The summed E-state index contributed by atoms with van der Waals surface area (Å²) in [5.74, 6) is -0.463. The Bertz CT molecular complexity index is 1660. The van der Waals surface area contributed by atoms with Crippen molar-refractivity contribution < 1.29 is 8.78 Å². The number of benzene rings is 4. The van der Waals surface area contributed by atoms with Gasteiger partial charge >= 0.3 is 0 Å². The molecule has 2 heterocycles. The van der Waals surface area contributed by atoms with Crippen LogP contribution >= 0.6 is 0 Å². The first-order chi connectivity index (χ1) is 18.2. The van der Waals surface area contributed by atoms with Crippen LogP contribution in [0.1, 0.15) is 35.4 Å². The Morgan fingerprint density at radius 2 is 1.46 bits per heavy atom. The highest BCUT2D eigenvalue weighted by Crippen LogP contribution is 2.41. The van der Waals surface area contributed by atoms with Crippen molar-refractivity contribution in [2.75, 3.05) is 0 Å². The summed E-state index contributed by atoms with van der Waals surface area (Å²) >= 11 is 0. The summed E-state index contributed by atoms with van der Waals surface area (Å²) in [4.78, 5) is 8.14. The molecule has 182 valence electrons. The van der Waals surface area contributed by atoms with Crippen LogP contribution in [-0.2, 0) is 12.8 Å². The first-order valence-corrected chi connectivity index (χ1v) is 12.7. The van der Waals surface area contributed by atoms with Gasteiger partial charge < -0.3 is 0 Å². The lowest BCUT2D eigenvalue weighted by atomic mass is 9.77. The Morgan fingerprint density at radius 3 is 2.27 bits per heavy atom. The van der Waals surface area contributed by atoms with Gasteiger partial charge in [-0.25, -0.2) is 18.7 Å². The molecule has 4 aromatic carbocycles. The van der Waals surface area contributed by atoms with E-state index >= 15 is 0 Å². The van der Waals surface area contributed by atoms with E-state index in [1.807, 2.05) is 24.3 Å². The molecule has 1 unspecified atom stereocenters. The van der Waals surface area contributed by atoms with Gasteiger partial charge in [0, 0.05) is 17.8 Å². The minimum Gasteiger partial charge on any atom is -0.237 e. The van der Waals surface area contributed by atoms with Gasteiger partial charge in [0.1, 0.15) is 11.6 Å². The van der Waals surface area contributed by atoms with Crippen molar-refractivity contribution in [1.82, 2.24) is 9.97 Å². The molecule has 0 saturated heterocycles. The highest BCUT2D eigenvalue weighted by atomic mass is 19.1. The molecule has 0 saturated carbocycles. The van der Waals surface area contributed by atoms with Crippen LogP contribution < -0.4 is 0 Å². The second kappa shape index (κ2) is 10.1. The molecule has 0 bridgehead atoms. The number of hydrogen-bond acceptors (Lipinski definition) is 2. The third kappa shape index (κ3) is 4.67. The summed E-state index contributed by atoms with van der Waals surface area (Å²) in [6.45, 7) is 0. The second-order valence-corrected chi connectivity index (χ2v) is 9.60. The lowest BCUT2D eigenvalue weighted by Crippen LogP contribution is -2.13. The van der Waals surface area contributed by atoms with Crippen LogP contribution in [-0.4, -0.2) is 9.97 Å². The van der Waals surface area contributed by atoms with Crippen LogP contribution in [0.15, 0.2) is 103 Å². The summed E-state index contributed by atoms with van der Waals surface area (Å²) in [5, 5.41) is 6.07. The fourth-order valence-corrected chi connectivity index (χ4v) is 5.62. The maximum absolute atomic E-state index is 14.3. The molecule has 0 N–H and O–H groups in total. The maximum atomic E-state index is 14.3. The maximum Gasteiger partial charge on any atom is 0.159 e. The first-order valence-electron chi connectivity index (χ1n) is 12.7. The van der Waals surface area contributed by atoms with Crippen molar-refractivity contribution in [3.05, 3.63) is 132 Å². The van der Waals surface area contributed by atoms with Gasteiger partial charge in [0.05, 0.1) is 0 Å². The first kappa shape index (κ1) is 23.2. The molecule has 1 aliphatic carbocycles. The van der Waals surface area contributed by atoms with E-state index in [0.717, 1.165) is 30.3 Å². The summed E-state index contributed by atoms with van der Waals surface area (Å²) < 4.78 is 27.9. The van der Waals surface area contributed by atoms with E-state index in [1.165, 1.54) is 50.9 Å². The predicted octanol–water partition coefficient (Wildman–Crippen LogP) is 8.56. The second-order valence-electron chi connectivity index (χ2n) is 9.60. The van der Waals surface area contributed by atoms with Crippen molar-refractivity contribution in [1.29, 1.82) is 0 Å². The minimum atomic E-state index is -0.369. The van der Waals surface area contributed by atoms with Crippen molar-refractivity contribution >= 4 is 32.6 Å². The molecule has 2 nitrogen and oxygen atoms in total. The largest absolute Gasteiger partial charge is 0.237 e. The normalized spacial score (nSPS) is 14.8. The topological polar surface area (TPSA) is 25.8 Å². The van der Waals surface area contributed by atoms with Crippen molar-refractivity contribution in [2.45, 2.75) is 31.6 Å². The zero-order chi connectivity index (χ0) is 25.2. The predicted molar refractivity (Wildman–Crippen MR) is 147 cm³/mol. The lowest BCUT2D eigenvalue weighted by molar-refractivity contribution is 0.528. The van der Waals surface area contributed by atoms with Gasteiger partial charge in [0.15, 0.2) is 5.65 Å². The standard InChI is InChI=1S/C25H20F2.C8H6N2/c26-20-10-13-24(27)19(15-20)14-18-6-3-5-17-9-11-22-21-7-2-1-4-16(21)8-12-23(22)25(17)18;1-3-7-4-2-6-10-8(7)9-5-1/h1-2,4,7-13,15,18H,3,5-6,14H2;1-6H. The van der Waals surface area contributed by atoms with Gasteiger partial charge in [-0.2, -0.15) is 0 Å². The number of aromatic nitrogens is 2. The van der Waals surface area contributed by atoms with E-state index in [1.54, 1.807) is 12.4 Å². The number of rotatable bonds is 2. The van der Waals surface area contributed by atoms with Crippen LogP contribution in [0.25, 0.3) is 32.6 Å². The van der Waals surface area contributed by atoms with Gasteiger partial charge in [-0.15, -0.1) is 0 Å². The van der Waals surface area contributed by atoms with Gasteiger partial charge in [-0.3, -0.25) is 0 Å². The average Bonchev–Trinajstić information content (AvgIpc) is 2.95. The molecule has 6 aromatic rings. The molecule has 4 heteroatoms. The van der Waals surface area contributed by atoms with Crippen molar-refractivity contribution in [3.63, 3.8) is 0 Å². The molecule has 0 amide bonds. The van der Waals surface area contributed by atoms with Gasteiger partial charge in [0.2, 0.25) is 0 Å². The quantitative estimate of drug-likeness (QED) is 0.228. The van der Waals surface area contributed by atoms with E-state index in [-0.39, 0.29) is 17.6 Å². The summed E-state index contributed by atoms with van der Waals surface area (Å²) in [6, 6.07) is 28.8. The van der Waals surface area contributed by atoms with Gasteiger partial charge in [-0.05, 0) is 112 Å². The molecular weight excluding hydrogens is 462 g/mol. The van der Waals surface area contributed by atoms with E-state index in [9.17, 15) is 8.78 Å². The third-order valence-corrected chi connectivity index (χ3v) is 7.31. The number of hydrogen-bond donors (Lipinski definition) is 0. The van der Waals surface area contributed by atoms with Crippen LogP contribution in [0, 0.1) is 11.6 Å². The molecule has 1 aliphatic rings.